The molecule has 0 bridgehead atoms. The molecule has 0 unspecified atom stereocenters. The van der Waals surface area contributed by atoms with E-state index < -0.39 is 11.6 Å². The van der Waals surface area contributed by atoms with E-state index in [0.717, 1.165) is 39.1 Å². The lowest BCUT2D eigenvalue weighted by Gasteiger charge is -2.07. The summed E-state index contributed by atoms with van der Waals surface area (Å²) in [5.74, 6) is 0.0728. The highest BCUT2D eigenvalue weighted by Crippen LogP contribution is 2.43. The van der Waals surface area contributed by atoms with Crippen molar-refractivity contribution >= 4 is 11.3 Å². The van der Waals surface area contributed by atoms with Crippen LogP contribution >= 0.6 is 11.3 Å². The number of para-hydroxylation sites is 1. The number of ether oxygens (including phenoxy) is 1. The van der Waals surface area contributed by atoms with Crippen molar-refractivity contribution in [2.45, 2.75) is 6.42 Å². The van der Waals surface area contributed by atoms with Gasteiger partial charge >= 0.3 is 0 Å². The standard InChI is InChI=1S/C20H13F2N3OS/c21-13-5-6-16(15(22)10-13)25-20(23-11-24-25)18-9-12-7-8-26-17-4-2-1-3-14(17)19(12)27-18/h1-6,9-11H,7-8H2. The van der Waals surface area contributed by atoms with E-state index in [1.165, 1.54) is 23.1 Å². The lowest BCUT2D eigenvalue weighted by atomic mass is 10.1. The first kappa shape index (κ1) is 16.1. The van der Waals surface area contributed by atoms with Crippen molar-refractivity contribution in [1.82, 2.24) is 14.8 Å². The van der Waals surface area contributed by atoms with E-state index in [4.69, 9.17) is 4.74 Å². The summed E-state index contributed by atoms with van der Waals surface area (Å²) in [6, 6.07) is 13.4. The second-order valence-corrected chi connectivity index (χ2v) is 7.20. The summed E-state index contributed by atoms with van der Waals surface area (Å²) in [5, 5.41) is 4.15. The summed E-state index contributed by atoms with van der Waals surface area (Å²) in [6.07, 6.45) is 2.15. The maximum Gasteiger partial charge on any atom is 0.173 e. The molecule has 3 heterocycles. The van der Waals surface area contributed by atoms with Crippen LogP contribution in [-0.2, 0) is 6.42 Å². The monoisotopic (exact) mass is 381 g/mol. The molecule has 0 saturated carbocycles. The maximum absolute atomic E-state index is 14.2. The fourth-order valence-electron chi connectivity index (χ4n) is 3.24. The summed E-state index contributed by atoms with van der Waals surface area (Å²) < 4.78 is 34.7. The van der Waals surface area contributed by atoms with E-state index >= 15 is 0 Å². The summed E-state index contributed by atoms with van der Waals surface area (Å²) in [5.41, 5.74) is 2.37. The Morgan fingerprint density at radius 1 is 1.07 bits per heavy atom. The Balaban J connectivity index is 1.65. The van der Waals surface area contributed by atoms with Gasteiger partial charge in [0.25, 0.3) is 0 Å². The number of thiophene rings is 1. The van der Waals surface area contributed by atoms with E-state index in [2.05, 4.69) is 10.1 Å². The van der Waals surface area contributed by atoms with Crippen LogP contribution in [0.25, 0.3) is 26.8 Å². The molecule has 2 aromatic heterocycles. The molecule has 0 radical (unpaired) electrons. The molecule has 5 rings (SSSR count). The van der Waals surface area contributed by atoms with Crippen LogP contribution in [0, 0.1) is 11.6 Å². The molecule has 2 aromatic carbocycles. The van der Waals surface area contributed by atoms with Crippen LogP contribution in [0.4, 0.5) is 8.78 Å². The Bertz CT molecular complexity index is 1150. The Morgan fingerprint density at radius 3 is 2.85 bits per heavy atom. The Kier molecular flexibility index (Phi) is 3.75. The molecule has 1 aliphatic rings. The normalized spacial score (nSPS) is 12.8. The van der Waals surface area contributed by atoms with Gasteiger partial charge in [-0.3, -0.25) is 0 Å². The van der Waals surface area contributed by atoms with E-state index in [1.807, 2.05) is 30.3 Å². The number of nitrogens with zero attached hydrogens (tertiary/aromatic N) is 3. The average molecular weight is 381 g/mol. The van der Waals surface area contributed by atoms with Gasteiger partial charge in [-0.15, -0.1) is 11.3 Å². The van der Waals surface area contributed by atoms with Gasteiger partial charge in [0.2, 0.25) is 0 Å². The number of hydrogen-bond donors (Lipinski definition) is 0. The number of rotatable bonds is 2. The maximum atomic E-state index is 14.2. The Labute approximate surface area is 157 Å². The van der Waals surface area contributed by atoms with Crippen LogP contribution in [-0.4, -0.2) is 21.4 Å². The van der Waals surface area contributed by atoms with Crippen LogP contribution in [0.1, 0.15) is 5.56 Å². The fourth-order valence-corrected chi connectivity index (χ4v) is 4.46. The third-order valence-electron chi connectivity index (χ3n) is 4.48. The highest BCUT2D eigenvalue weighted by molar-refractivity contribution is 7.19. The first-order valence-electron chi connectivity index (χ1n) is 8.41. The van der Waals surface area contributed by atoms with E-state index in [1.54, 1.807) is 11.3 Å². The molecule has 0 amide bonds. The molecule has 4 aromatic rings. The van der Waals surface area contributed by atoms with Crippen LogP contribution in [0.15, 0.2) is 54.9 Å². The minimum Gasteiger partial charge on any atom is -0.493 e. The zero-order chi connectivity index (χ0) is 18.4. The SMILES string of the molecule is Fc1ccc(-n2ncnc2-c2cc3c(s2)-c2ccccc2OCC3)c(F)c1. The van der Waals surface area contributed by atoms with Crippen molar-refractivity contribution in [2.24, 2.45) is 0 Å². The smallest absolute Gasteiger partial charge is 0.173 e. The van der Waals surface area contributed by atoms with E-state index in [9.17, 15) is 8.78 Å². The van der Waals surface area contributed by atoms with Gasteiger partial charge in [0.15, 0.2) is 11.6 Å². The minimum atomic E-state index is -0.682. The fraction of sp³-hybridized carbons (Fsp3) is 0.100. The lowest BCUT2D eigenvalue weighted by molar-refractivity contribution is 0.326. The van der Waals surface area contributed by atoms with Gasteiger partial charge in [0, 0.05) is 22.9 Å². The van der Waals surface area contributed by atoms with E-state index in [-0.39, 0.29) is 5.69 Å². The molecule has 4 nitrogen and oxygen atoms in total. The third-order valence-corrected chi connectivity index (χ3v) is 5.68. The average Bonchev–Trinajstić information content (AvgIpc) is 3.26. The van der Waals surface area contributed by atoms with Gasteiger partial charge in [-0.2, -0.15) is 5.10 Å². The number of aromatic nitrogens is 3. The zero-order valence-electron chi connectivity index (χ0n) is 14.0. The van der Waals surface area contributed by atoms with Gasteiger partial charge in [-0.25, -0.2) is 18.4 Å². The van der Waals surface area contributed by atoms with Crippen molar-refractivity contribution in [3.05, 3.63) is 72.1 Å². The minimum absolute atomic E-state index is 0.163. The molecular weight excluding hydrogens is 368 g/mol. The molecule has 0 spiro atoms. The molecule has 0 N–H and O–H groups in total. The van der Waals surface area contributed by atoms with Gasteiger partial charge in [-0.05, 0) is 35.9 Å². The number of benzene rings is 2. The first-order valence-corrected chi connectivity index (χ1v) is 9.23. The Hall–Kier alpha value is -3.06. The molecule has 0 atom stereocenters. The molecule has 0 fully saturated rings. The van der Waals surface area contributed by atoms with Gasteiger partial charge in [-0.1, -0.05) is 12.1 Å². The number of hydrogen-bond acceptors (Lipinski definition) is 4. The first-order chi connectivity index (χ1) is 13.2. The van der Waals surface area contributed by atoms with Crippen molar-refractivity contribution in [3.8, 4) is 32.6 Å². The molecular formula is C20H13F2N3OS. The second kappa shape index (κ2) is 6.28. The molecule has 134 valence electrons. The van der Waals surface area contributed by atoms with Crippen LogP contribution < -0.4 is 4.74 Å². The van der Waals surface area contributed by atoms with Gasteiger partial charge in [0.05, 0.1) is 11.5 Å². The Morgan fingerprint density at radius 2 is 1.96 bits per heavy atom. The molecule has 0 aliphatic carbocycles. The molecule has 27 heavy (non-hydrogen) atoms. The van der Waals surface area contributed by atoms with Crippen molar-refractivity contribution < 1.29 is 13.5 Å². The van der Waals surface area contributed by atoms with Gasteiger partial charge in [0.1, 0.15) is 23.6 Å². The van der Waals surface area contributed by atoms with Gasteiger partial charge < -0.3 is 4.74 Å². The predicted octanol–water partition coefficient (Wildman–Crippen LogP) is 4.88. The molecule has 1 aliphatic heterocycles. The summed E-state index contributed by atoms with van der Waals surface area (Å²) in [4.78, 5) is 6.31. The quantitative estimate of drug-likeness (QED) is 0.497. The highest BCUT2D eigenvalue weighted by atomic mass is 32.1. The highest BCUT2D eigenvalue weighted by Gasteiger charge is 2.22. The van der Waals surface area contributed by atoms with Crippen molar-refractivity contribution in [1.29, 1.82) is 0 Å². The van der Waals surface area contributed by atoms with Crippen LogP contribution in [0.5, 0.6) is 5.75 Å². The summed E-state index contributed by atoms with van der Waals surface area (Å²) >= 11 is 1.57. The topological polar surface area (TPSA) is 39.9 Å². The van der Waals surface area contributed by atoms with Crippen LogP contribution in [0.3, 0.4) is 0 Å². The molecule has 7 heteroatoms. The lowest BCUT2D eigenvalue weighted by Crippen LogP contribution is -2.02. The van der Waals surface area contributed by atoms with Crippen molar-refractivity contribution in [2.75, 3.05) is 6.61 Å². The number of halogens is 2. The number of fused-ring (bicyclic) bond motifs is 3. The van der Waals surface area contributed by atoms with Crippen molar-refractivity contribution in [3.63, 3.8) is 0 Å². The largest absolute Gasteiger partial charge is 0.493 e. The second-order valence-electron chi connectivity index (χ2n) is 6.15. The summed E-state index contributed by atoms with van der Waals surface area (Å²) in [6.45, 7) is 0.597. The zero-order valence-corrected chi connectivity index (χ0v) is 14.8. The third kappa shape index (κ3) is 2.71. The predicted molar refractivity (Wildman–Crippen MR) is 99.2 cm³/mol. The van der Waals surface area contributed by atoms with Crippen LogP contribution in [0.2, 0.25) is 0 Å². The summed E-state index contributed by atoms with van der Waals surface area (Å²) in [7, 11) is 0. The van der Waals surface area contributed by atoms with E-state index in [0.29, 0.717) is 12.4 Å². The molecule has 0 saturated heterocycles.